The molecule has 0 aromatic heterocycles. The van der Waals surface area contributed by atoms with Gasteiger partial charge in [-0.2, -0.15) is 0 Å². The van der Waals surface area contributed by atoms with Gasteiger partial charge in [-0.15, -0.1) is 0 Å². The molecule has 0 unspecified atom stereocenters. The Morgan fingerprint density at radius 1 is 1.21 bits per heavy atom. The van der Waals surface area contributed by atoms with Crippen LogP contribution in [0.2, 0.25) is 0 Å². The molecule has 2 aliphatic rings. The molecule has 1 aromatic rings. The highest BCUT2D eigenvalue weighted by Gasteiger charge is 2.33. The summed E-state index contributed by atoms with van der Waals surface area (Å²) in [4.78, 5) is 13.5. The Bertz CT molecular complexity index is 523. The molecule has 1 aromatic carbocycles. The van der Waals surface area contributed by atoms with E-state index in [1.165, 1.54) is 0 Å². The summed E-state index contributed by atoms with van der Waals surface area (Å²) in [5, 5.41) is 14.0. The molecule has 0 spiro atoms. The first-order valence-electron chi connectivity index (χ1n) is 9.15. The van der Waals surface area contributed by atoms with E-state index in [9.17, 15) is 9.90 Å². The van der Waals surface area contributed by atoms with Gasteiger partial charge >= 0.3 is 0 Å². The summed E-state index contributed by atoms with van der Waals surface area (Å²) in [5.41, 5.74) is 0. The third-order valence-corrected chi connectivity index (χ3v) is 5.01. The van der Waals surface area contributed by atoms with Crippen molar-refractivity contribution in [3.8, 4) is 5.75 Å². The molecule has 1 amide bonds. The SMILES string of the molecule is O=C1CCCN1CCCN[C@H]1CCC[C@@H](Oc2ccccc2)[C@@H]1O. The third kappa shape index (κ3) is 4.48. The molecule has 1 aliphatic heterocycles. The lowest BCUT2D eigenvalue weighted by atomic mass is 9.89. The maximum absolute atomic E-state index is 11.6. The van der Waals surface area contributed by atoms with Gasteiger partial charge in [0.05, 0.1) is 0 Å². The van der Waals surface area contributed by atoms with E-state index in [4.69, 9.17) is 4.74 Å². The zero-order valence-electron chi connectivity index (χ0n) is 14.2. The fraction of sp³-hybridized carbons (Fsp3) is 0.632. The minimum absolute atomic E-state index is 0.0711. The van der Waals surface area contributed by atoms with Crippen LogP contribution >= 0.6 is 0 Å². The number of benzene rings is 1. The van der Waals surface area contributed by atoms with Crippen LogP contribution in [0.15, 0.2) is 30.3 Å². The van der Waals surface area contributed by atoms with Gasteiger partial charge in [0.25, 0.3) is 0 Å². The molecule has 5 nitrogen and oxygen atoms in total. The van der Waals surface area contributed by atoms with Crippen molar-refractivity contribution in [3.63, 3.8) is 0 Å². The summed E-state index contributed by atoms with van der Waals surface area (Å²) >= 11 is 0. The second-order valence-corrected chi connectivity index (χ2v) is 6.79. The molecule has 3 rings (SSSR count). The van der Waals surface area contributed by atoms with E-state index in [-0.39, 0.29) is 18.1 Å². The Balaban J connectivity index is 1.41. The summed E-state index contributed by atoms with van der Waals surface area (Å²) in [5.74, 6) is 1.10. The molecular formula is C19H28N2O3. The van der Waals surface area contributed by atoms with Crippen molar-refractivity contribution < 1.29 is 14.6 Å². The van der Waals surface area contributed by atoms with Gasteiger partial charge in [0, 0.05) is 25.6 Å². The van der Waals surface area contributed by atoms with Gasteiger partial charge in [-0.1, -0.05) is 18.2 Å². The van der Waals surface area contributed by atoms with Crippen molar-refractivity contribution in [1.29, 1.82) is 0 Å². The Kier molecular flexibility index (Phi) is 6.10. The lowest BCUT2D eigenvalue weighted by Crippen LogP contribution is -2.51. The molecular weight excluding hydrogens is 304 g/mol. The second kappa shape index (κ2) is 8.49. The van der Waals surface area contributed by atoms with E-state index in [0.717, 1.165) is 57.5 Å². The van der Waals surface area contributed by atoms with E-state index < -0.39 is 6.10 Å². The fourth-order valence-corrected chi connectivity index (χ4v) is 3.66. The van der Waals surface area contributed by atoms with Crippen LogP contribution in [-0.4, -0.2) is 53.8 Å². The average Bonchev–Trinajstić information content (AvgIpc) is 3.01. The average molecular weight is 332 g/mol. The molecule has 1 saturated carbocycles. The fourth-order valence-electron chi connectivity index (χ4n) is 3.66. The van der Waals surface area contributed by atoms with Crippen LogP contribution in [0.1, 0.15) is 38.5 Å². The summed E-state index contributed by atoms with van der Waals surface area (Å²) in [6, 6.07) is 9.77. The van der Waals surface area contributed by atoms with Gasteiger partial charge in [-0.25, -0.2) is 0 Å². The number of hydrogen-bond acceptors (Lipinski definition) is 4. The number of nitrogens with one attached hydrogen (secondary N) is 1. The number of carbonyl (C=O) groups excluding carboxylic acids is 1. The number of likely N-dealkylation sites (tertiary alicyclic amines) is 1. The number of carbonyl (C=O) groups is 1. The Hall–Kier alpha value is -1.59. The lowest BCUT2D eigenvalue weighted by molar-refractivity contribution is -0.127. The van der Waals surface area contributed by atoms with Crippen molar-refractivity contribution in [2.24, 2.45) is 0 Å². The van der Waals surface area contributed by atoms with E-state index >= 15 is 0 Å². The van der Waals surface area contributed by atoms with Gasteiger partial charge in [-0.3, -0.25) is 4.79 Å². The number of para-hydroxylation sites is 1. The maximum Gasteiger partial charge on any atom is 0.222 e. The van der Waals surface area contributed by atoms with Gasteiger partial charge < -0.3 is 20.1 Å². The zero-order valence-corrected chi connectivity index (χ0v) is 14.2. The monoisotopic (exact) mass is 332 g/mol. The first kappa shape index (κ1) is 17.2. The van der Waals surface area contributed by atoms with E-state index in [1.807, 2.05) is 35.2 Å². The van der Waals surface area contributed by atoms with E-state index in [1.54, 1.807) is 0 Å². The van der Waals surface area contributed by atoms with Crippen molar-refractivity contribution in [3.05, 3.63) is 30.3 Å². The highest BCUT2D eigenvalue weighted by Crippen LogP contribution is 2.24. The first-order chi connectivity index (χ1) is 11.7. The van der Waals surface area contributed by atoms with Crippen LogP contribution in [0.5, 0.6) is 5.75 Å². The minimum atomic E-state index is -0.493. The van der Waals surface area contributed by atoms with Crippen LogP contribution in [-0.2, 0) is 4.79 Å². The minimum Gasteiger partial charge on any atom is -0.488 e. The van der Waals surface area contributed by atoms with Crippen LogP contribution in [0.3, 0.4) is 0 Å². The smallest absolute Gasteiger partial charge is 0.222 e. The molecule has 2 fully saturated rings. The quantitative estimate of drug-likeness (QED) is 0.749. The largest absolute Gasteiger partial charge is 0.488 e. The molecule has 0 bridgehead atoms. The second-order valence-electron chi connectivity index (χ2n) is 6.79. The number of ether oxygens (including phenoxy) is 1. The number of aliphatic hydroxyl groups is 1. The van der Waals surface area contributed by atoms with Crippen molar-refractivity contribution in [2.45, 2.75) is 56.8 Å². The zero-order chi connectivity index (χ0) is 16.8. The summed E-state index contributed by atoms with van der Waals surface area (Å²) < 4.78 is 5.96. The summed E-state index contributed by atoms with van der Waals surface area (Å²) in [6.45, 7) is 2.54. The van der Waals surface area contributed by atoms with E-state index in [0.29, 0.717) is 6.42 Å². The molecule has 2 N–H and O–H groups in total. The summed E-state index contributed by atoms with van der Waals surface area (Å²) in [6.07, 6.45) is 4.89. The number of nitrogens with zero attached hydrogens (tertiary/aromatic N) is 1. The lowest BCUT2D eigenvalue weighted by Gasteiger charge is -2.35. The van der Waals surface area contributed by atoms with Gasteiger partial charge in [-0.05, 0) is 50.8 Å². The first-order valence-corrected chi connectivity index (χ1v) is 9.15. The Morgan fingerprint density at radius 2 is 2.04 bits per heavy atom. The van der Waals surface area contributed by atoms with Crippen molar-refractivity contribution in [1.82, 2.24) is 10.2 Å². The van der Waals surface area contributed by atoms with Crippen LogP contribution in [0.4, 0.5) is 0 Å². The third-order valence-electron chi connectivity index (χ3n) is 5.01. The highest BCUT2D eigenvalue weighted by molar-refractivity contribution is 5.77. The highest BCUT2D eigenvalue weighted by atomic mass is 16.5. The molecule has 0 radical (unpaired) electrons. The molecule has 24 heavy (non-hydrogen) atoms. The van der Waals surface area contributed by atoms with Crippen LogP contribution < -0.4 is 10.1 Å². The number of aliphatic hydroxyl groups excluding tert-OH is 1. The van der Waals surface area contributed by atoms with Crippen LogP contribution in [0.25, 0.3) is 0 Å². The van der Waals surface area contributed by atoms with Crippen molar-refractivity contribution >= 4 is 5.91 Å². The number of amides is 1. The van der Waals surface area contributed by atoms with Gasteiger partial charge in [0.1, 0.15) is 18.0 Å². The topological polar surface area (TPSA) is 61.8 Å². The predicted octanol–water partition coefficient (Wildman–Crippen LogP) is 1.95. The molecule has 5 heteroatoms. The van der Waals surface area contributed by atoms with Gasteiger partial charge in [0.15, 0.2) is 0 Å². The Morgan fingerprint density at radius 3 is 2.79 bits per heavy atom. The predicted molar refractivity (Wildman–Crippen MR) is 92.9 cm³/mol. The summed E-state index contributed by atoms with van der Waals surface area (Å²) in [7, 11) is 0. The number of hydrogen-bond donors (Lipinski definition) is 2. The molecule has 1 saturated heterocycles. The standard InChI is InChI=1S/C19H28N2O3/c22-18-11-5-13-21(18)14-6-12-20-16-9-4-10-17(19(16)23)24-15-7-2-1-3-8-15/h1-3,7-8,16-17,19-20,23H,4-6,9-14H2/t16-,17+,19+/m0/s1. The molecule has 132 valence electrons. The Labute approximate surface area is 144 Å². The van der Waals surface area contributed by atoms with E-state index in [2.05, 4.69) is 5.32 Å². The van der Waals surface area contributed by atoms with Crippen molar-refractivity contribution in [2.75, 3.05) is 19.6 Å². The number of rotatable bonds is 7. The maximum atomic E-state index is 11.6. The van der Waals surface area contributed by atoms with Gasteiger partial charge in [0.2, 0.25) is 5.91 Å². The molecule has 1 aliphatic carbocycles. The molecule has 1 heterocycles. The molecule has 3 atom stereocenters. The van der Waals surface area contributed by atoms with Crippen LogP contribution in [0, 0.1) is 0 Å². The normalized spacial score (nSPS) is 27.5.